The smallest absolute Gasteiger partial charge is 0.0546 e. The minimum Gasteiger partial charge on any atom is -0.309 e. The second kappa shape index (κ2) is 13.3. The number of nitrogens with zero attached hydrogens (tertiary/aromatic N) is 1. The summed E-state index contributed by atoms with van der Waals surface area (Å²) in [7, 11) is 0. The van der Waals surface area contributed by atoms with Crippen LogP contribution in [0, 0.1) is 0 Å². The van der Waals surface area contributed by atoms with Crippen LogP contribution in [0.25, 0.3) is 66.1 Å². The molecular weight excluding hydrogens is 615 g/mol. The van der Waals surface area contributed by atoms with Gasteiger partial charge in [0.1, 0.15) is 0 Å². The first-order chi connectivity index (χ1) is 25.3. The summed E-state index contributed by atoms with van der Waals surface area (Å²) in [4.78, 5) is 2.49. The highest BCUT2D eigenvalue weighted by Crippen LogP contribution is 2.49. The fourth-order valence-corrected chi connectivity index (χ4v) is 7.58. The Morgan fingerprint density at radius 2 is 0.627 bits per heavy atom. The zero-order chi connectivity index (χ0) is 34.0. The first-order valence-electron chi connectivity index (χ1n) is 17.5. The van der Waals surface area contributed by atoms with E-state index in [1.54, 1.807) is 0 Å². The van der Waals surface area contributed by atoms with Gasteiger partial charge >= 0.3 is 0 Å². The van der Waals surface area contributed by atoms with Crippen molar-refractivity contribution in [2.75, 3.05) is 4.90 Å². The van der Waals surface area contributed by atoms with Gasteiger partial charge in [0.15, 0.2) is 0 Å². The van der Waals surface area contributed by atoms with Gasteiger partial charge in [-0.05, 0) is 67.7 Å². The van der Waals surface area contributed by atoms with Gasteiger partial charge in [-0.25, -0.2) is 0 Å². The average Bonchev–Trinajstić information content (AvgIpc) is 3.22. The van der Waals surface area contributed by atoms with Crippen molar-refractivity contribution in [2.24, 2.45) is 0 Å². The molecule has 0 N–H and O–H groups in total. The molecule has 9 aromatic rings. The number of rotatable bonds is 7. The van der Waals surface area contributed by atoms with Crippen molar-refractivity contribution in [1.82, 2.24) is 0 Å². The molecule has 0 aliphatic carbocycles. The number of benzene rings is 9. The van der Waals surface area contributed by atoms with Crippen LogP contribution in [0.15, 0.2) is 212 Å². The Balaban J connectivity index is 1.35. The van der Waals surface area contributed by atoms with Crippen molar-refractivity contribution >= 4 is 38.6 Å². The summed E-state index contributed by atoms with van der Waals surface area (Å²) in [5, 5.41) is 4.91. The summed E-state index contributed by atoms with van der Waals surface area (Å²) in [5.41, 5.74) is 12.9. The van der Waals surface area contributed by atoms with Crippen LogP contribution in [0.5, 0.6) is 0 Å². The Kier molecular flexibility index (Phi) is 7.92. The van der Waals surface area contributed by atoms with Crippen LogP contribution >= 0.6 is 0 Å². The highest BCUT2D eigenvalue weighted by molar-refractivity contribution is 6.15. The fraction of sp³-hybridized carbons (Fsp3) is 0. The Bertz CT molecular complexity index is 2640. The molecule has 0 bridgehead atoms. The van der Waals surface area contributed by atoms with Gasteiger partial charge in [-0.2, -0.15) is 0 Å². The van der Waals surface area contributed by atoms with Crippen LogP contribution in [0.3, 0.4) is 0 Å². The van der Waals surface area contributed by atoms with Crippen molar-refractivity contribution in [3.63, 3.8) is 0 Å². The summed E-state index contributed by atoms with van der Waals surface area (Å²) in [5.74, 6) is 0. The Hall–Kier alpha value is -6.70. The molecular formula is C50H35N. The van der Waals surface area contributed by atoms with Crippen LogP contribution < -0.4 is 4.90 Å². The molecule has 9 aromatic carbocycles. The first-order valence-corrected chi connectivity index (χ1v) is 17.5. The van der Waals surface area contributed by atoms with Gasteiger partial charge in [0.05, 0.1) is 17.1 Å². The molecule has 0 aromatic heterocycles. The maximum absolute atomic E-state index is 2.49. The Labute approximate surface area is 299 Å². The lowest BCUT2D eigenvalue weighted by molar-refractivity contribution is 1.30. The van der Waals surface area contributed by atoms with Crippen LogP contribution in [-0.2, 0) is 0 Å². The lowest BCUT2D eigenvalue weighted by Gasteiger charge is -2.31. The average molecular weight is 650 g/mol. The normalized spacial score (nSPS) is 11.1. The third-order valence-electron chi connectivity index (χ3n) is 9.88. The summed E-state index contributed by atoms with van der Waals surface area (Å²) in [6.45, 7) is 0. The lowest BCUT2D eigenvalue weighted by Crippen LogP contribution is -2.13. The molecule has 0 aliphatic rings. The van der Waals surface area contributed by atoms with Crippen molar-refractivity contribution in [1.29, 1.82) is 0 Å². The Morgan fingerprint density at radius 3 is 1.27 bits per heavy atom. The minimum absolute atomic E-state index is 1.12. The number of anilines is 3. The fourth-order valence-electron chi connectivity index (χ4n) is 7.58. The number of hydrogen-bond donors (Lipinski definition) is 0. The summed E-state index contributed by atoms with van der Waals surface area (Å²) in [6, 6.07) is 76.7. The van der Waals surface area contributed by atoms with E-state index in [2.05, 4.69) is 217 Å². The first kappa shape index (κ1) is 30.4. The zero-order valence-electron chi connectivity index (χ0n) is 28.2. The standard InChI is InChI=1S/C50H35N/c1-3-19-36(20-4-1)39-24-9-10-27-42(39)44-29-11-12-30-45(44)46-31-16-18-34-49(46)51(48-33-17-15-26-41(48)37-21-5-2-6-22-37)50-35-38-23-7-8-25-40(38)43-28-13-14-32-47(43)50/h1-35H. The van der Waals surface area contributed by atoms with Crippen LogP contribution in [0.1, 0.15) is 0 Å². The molecule has 0 amide bonds. The van der Waals surface area contributed by atoms with Gasteiger partial charge in [-0.3, -0.25) is 0 Å². The van der Waals surface area contributed by atoms with Gasteiger partial charge in [0, 0.05) is 16.5 Å². The summed E-state index contributed by atoms with van der Waals surface area (Å²) < 4.78 is 0. The highest BCUT2D eigenvalue weighted by Gasteiger charge is 2.24. The maximum Gasteiger partial charge on any atom is 0.0546 e. The predicted molar refractivity (Wildman–Crippen MR) is 218 cm³/mol. The van der Waals surface area contributed by atoms with Crippen molar-refractivity contribution < 1.29 is 0 Å². The molecule has 0 heterocycles. The molecule has 0 spiro atoms. The van der Waals surface area contributed by atoms with E-state index in [0.29, 0.717) is 0 Å². The second-order valence-electron chi connectivity index (χ2n) is 12.9. The number of hydrogen-bond acceptors (Lipinski definition) is 1. The quantitative estimate of drug-likeness (QED) is 0.155. The third kappa shape index (κ3) is 5.56. The Morgan fingerprint density at radius 1 is 0.235 bits per heavy atom. The van der Waals surface area contributed by atoms with Crippen LogP contribution in [0.4, 0.5) is 17.1 Å². The van der Waals surface area contributed by atoms with E-state index in [1.807, 2.05) is 0 Å². The number of para-hydroxylation sites is 2. The molecule has 0 saturated carbocycles. The number of fused-ring (bicyclic) bond motifs is 3. The van der Waals surface area contributed by atoms with E-state index in [4.69, 9.17) is 0 Å². The van der Waals surface area contributed by atoms with Crippen LogP contribution in [0.2, 0.25) is 0 Å². The van der Waals surface area contributed by atoms with Crippen molar-refractivity contribution in [3.8, 4) is 44.5 Å². The molecule has 240 valence electrons. The molecule has 0 unspecified atom stereocenters. The minimum atomic E-state index is 1.12. The van der Waals surface area contributed by atoms with E-state index in [-0.39, 0.29) is 0 Å². The summed E-state index contributed by atoms with van der Waals surface area (Å²) >= 11 is 0. The zero-order valence-corrected chi connectivity index (χ0v) is 28.2. The molecule has 0 aliphatic heterocycles. The monoisotopic (exact) mass is 649 g/mol. The third-order valence-corrected chi connectivity index (χ3v) is 9.88. The van der Waals surface area contributed by atoms with Crippen molar-refractivity contribution in [3.05, 3.63) is 212 Å². The lowest BCUT2D eigenvalue weighted by atomic mass is 9.88. The van der Waals surface area contributed by atoms with E-state index >= 15 is 0 Å². The molecule has 0 saturated heterocycles. The van der Waals surface area contributed by atoms with Gasteiger partial charge in [0.2, 0.25) is 0 Å². The second-order valence-corrected chi connectivity index (χ2v) is 12.9. The summed E-state index contributed by atoms with van der Waals surface area (Å²) in [6.07, 6.45) is 0. The molecule has 51 heavy (non-hydrogen) atoms. The topological polar surface area (TPSA) is 3.24 Å². The van der Waals surface area contributed by atoms with E-state index in [0.717, 1.165) is 22.6 Å². The molecule has 0 atom stereocenters. The molecule has 0 fully saturated rings. The van der Waals surface area contributed by atoms with Gasteiger partial charge in [-0.1, -0.05) is 194 Å². The van der Waals surface area contributed by atoms with Gasteiger partial charge in [-0.15, -0.1) is 0 Å². The molecule has 0 radical (unpaired) electrons. The molecule has 9 rings (SSSR count). The van der Waals surface area contributed by atoms with E-state index in [9.17, 15) is 0 Å². The highest BCUT2D eigenvalue weighted by atomic mass is 15.1. The van der Waals surface area contributed by atoms with Crippen LogP contribution in [-0.4, -0.2) is 0 Å². The predicted octanol–water partition coefficient (Wildman–Crippen LogP) is 14.1. The van der Waals surface area contributed by atoms with Crippen molar-refractivity contribution in [2.45, 2.75) is 0 Å². The van der Waals surface area contributed by atoms with E-state index in [1.165, 1.54) is 60.5 Å². The van der Waals surface area contributed by atoms with Gasteiger partial charge in [0.25, 0.3) is 0 Å². The molecule has 1 heteroatoms. The molecule has 1 nitrogen and oxygen atoms in total. The largest absolute Gasteiger partial charge is 0.309 e. The SMILES string of the molecule is c1ccc(-c2ccccc2-c2ccccc2-c2ccccc2N(c2ccccc2-c2ccccc2)c2cc3ccccc3c3ccccc23)cc1. The maximum atomic E-state index is 2.49. The van der Waals surface area contributed by atoms with E-state index < -0.39 is 0 Å². The van der Waals surface area contributed by atoms with Gasteiger partial charge < -0.3 is 4.90 Å².